The molecule has 1 aliphatic carbocycles. The minimum absolute atomic E-state index is 0.427. The zero-order valence-electron chi connectivity index (χ0n) is 12.0. The molecule has 3 heterocycles. The lowest BCUT2D eigenvalue weighted by molar-refractivity contribution is 0.0789. The quantitative estimate of drug-likeness (QED) is 0.859. The Morgan fingerprint density at radius 2 is 2.00 bits per heavy atom. The van der Waals surface area contributed by atoms with E-state index < -0.39 is 0 Å². The van der Waals surface area contributed by atoms with E-state index in [0.29, 0.717) is 18.2 Å². The molecule has 2 aromatic rings. The van der Waals surface area contributed by atoms with Crippen LogP contribution in [0.2, 0.25) is 0 Å². The third kappa shape index (κ3) is 3.24. The molecule has 2 aliphatic rings. The maximum absolute atomic E-state index is 5.99. The van der Waals surface area contributed by atoms with Crippen LogP contribution in [0.3, 0.4) is 0 Å². The SMILES string of the molecule is c1csc(CC(NC2CCOC2C2CC2)c2cccs2)c1. The Bertz CT molecular complexity index is 547. The van der Waals surface area contributed by atoms with Crippen LogP contribution < -0.4 is 5.32 Å². The van der Waals surface area contributed by atoms with Crippen LogP contribution in [0, 0.1) is 5.92 Å². The molecular formula is C17H21NOS2. The fraction of sp³-hybridized carbons (Fsp3) is 0.529. The van der Waals surface area contributed by atoms with Gasteiger partial charge in [0.05, 0.1) is 6.10 Å². The van der Waals surface area contributed by atoms with E-state index in [1.54, 1.807) is 0 Å². The molecule has 0 radical (unpaired) electrons. The molecule has 4 rings (SSSR count). The van der Waals surface area contributed by atoms with Crippen molar-refractivity contribution in [2.75, 3.05) is 6.61 Å². The molecule has 4 heteroatoms. The molecule has 2 fully saturated rings. The molecule has 0 amide bonds. The standard InChI is InChI=1S/C17H21NOS2/c1-3-13(20-9-1)11-15(16-4-2-10-21-16)18-14-7-8-19-17(14)12-5-6-12/h1-4,9-10,12,14-15,17-18H,5-8,11H2. The second kappa shape index (κ2) is 6.21. The molecular weight excluding hydrogens is 298 g/mol. The molecule has 1 saturated carbocycles. The second-order valence-corrected chi connectivity index (χ2v) is 8.10. The van der Waals surface area contributed by atoms with Gasteiger partial charge in [-0.1, -0.05) is 12.1 Å². The molecule has 1 saturated heterocycles. The summed E-state index contributed by atoms with van der Waals surface area (Å²) in [6.45, 7) is 0.926. The summed E-state index contributed by atoms with van der Waals surface area (Å²) >= 11 is 3.72. The van der Waals surface area contributed by atoms with Crippen LogP contribution in [0.5, 0.6) is 0 Å². The fourth-order valence-electron chi connectivity index (χ4n) is 3.30. The summed E-state index contributed by atoms with van der Waals surface area (Å²) in [6.07, 6.45) is 5.42. The van der Waals surface area contributed by atoms with E-state index in [-0.39, 0.29) is 0 Å². The summed E-state index contributed by atoms with van der Waals surface area (Å²) in [5.74, 6) is 0.815. The lowest BCUT2D eigenvalue weighted by atomic mass is 10.0. The molecule has 2 nitrogen and oxygen atoms in total. The molecule has 0 bridgehead atoms. The van der Waals surface area contributed by atoms with Crippen molar-refractivity contribution >= 4 is 22.7 Å². The molecule has 0 spiro atoms. The lowest BCUT2D eigenvalue weighted by Crippen LogP contribution is -2.40. The summed E-state index contributed by atoms with van der Waals surface area (Å²) < 4.78 is 5.99. The molecule has 0 aromatic carbocycles. The van der Waals surface area contributed by atoms with Gasteiger partial charge in [-0.05, 0) is 48.1 Å². The van der Waals surface area contributed by atoms with Gasteiger partial charge in [0.15, 0.2) is 0 Å². The van der Waals surface area contributed by atoms with E-state index in [9.17, 15) is 0 Å². The maximum atomic E-state index is 5.99. The monoisotopic (exact) mass is 319 g/mol. The summed E-state index contributed by atoms with van der Waals surface area (Å²) in [5.41, 5.74) is 0. The van der Waals surface area contributed by atoms with Crippen molar-refractivity contribution < 1.29 is 4.74 Å². The predicted octanol–water partition coefficient (Wildman–Crippen LogP) is 4.25. The van der Waals surface area contributed by atoms with Crippen molar-refractivity contribution in [3.8, 4) is 0 Å². The van der Waals surface area contributed by atoms with E-state index >= 15 is 0 Å². The number of hydrogen-bond donors (Lipinski definition) is 1. The van der Waals surface area contributed by atoms with Gasteiger partial charge < -0.3 is 10.1 Å². The third-order valence-corrected chi connectivity index (χ3v) is 6.39. The molecule has 2 aromatic heterocycles. The topological polar surface area (TPSA) is 21.3 Å². The highest BCUT2D eigenvalue weighted by Gasteiger charge is 2.41. The first-order valence-electron chi connectivity index (χ1n) is 7.83. The Hall–Kier alpha value is -0.680. The van der Waals surface area contributed by atoms with Gasteiger partial charge in [0.25, 0.3) is 0 Å². The highest BCUT2D eigenvalue weighted by Crippen LogP contribution is 2.39. The van der Waals surface area contributed by atoms with Crippen LogP contribution in [0.1, 0.15) is 35.1 Å². The van der Waals surface area contributed by atoms with Gasteiger partial charge >= 0.3 is 0 Å². The zero-order chi connectivity index (χ0) is 14.1. The largest absolute Gasteiger partial charge is 0.376 e. The smallest absolute Gasteiger partial charge is 0.0757 e. The molecule has 1 N–H and O–H groups in total. The Kier molecular flexibility index (Phi) is 4.12. The van der Waals surface area contributed by atoms with Gasteiger partial charge in [0.2, 0.25) is 0 Å². The first-order valence-corrected chi connectivity index (χ1v) is 9.59. The molecule has 1 aliphatic heterocycles. The van der Waals surface area contributed by atoms with Crippen LogP contribution in [0.4, 0.5) is 0 Å². The van der Waals surface area contributed by atoms with E-state index in [1.165, 1.54) is 22.6 Å². The molecule has 21 heavy (non-hydrogen) atoms. The van der Waals surface area contributed by atoms with Gasteiger partial charge in [-0.2, -0.15) is 0 Å². The molecule has 3 atom stereocenters. The summed E-state index contributed by atoms with van der Waals surface area (Å²) in [6, 6.07) is 9.78. The van der Waals surface area contributed by atoms with Crippen LogP contribution in [0.25, 0.3) is 0 Å². The van der Waals surface area contributed by atoms with Gasteiger partial charge in [-0.3, -0.25) is 0 Å². The highest BCUT2D eigenvalue weighted by molar-refractivity contribution is 7.10. The molecule has 112 valence electrons. The Balaban J connectivity index is 1.49. The number of hydrogen-bond acceptors (Lipinski definition) is 4. The number of thiophene rings is 2. The normalized spacial score (nSPS) is 27.0. The average molecular weight is 319 g/mol. The maximum Gasteiger partial charge on any atom is 0.0757 e. The van der Waals surface area contributed by atoms with E-state index in [4.69, 9.17) is 4.74 Å². The number of rotatable bonds is 6. The van der Waals surface area contributed by atoms with Gasteiger partial charge in [-0.25, -0.2) is 0 Å². The number of ether oxygens (including phenoxy) is 1. The van der Waals surface area contributed by atoms with E-state index in [2.05, 4.69) is 40.3 Å². The predicted molar refractivity (Wildman–Crippen MR) is 89.1 cm³/mol. The number of nitrogens with one attached hydrogen (secondary N) is 1. The van der Waals surface area contributed by atoms with Gasteiger partial charge in [0, 0.05) is 34.9 Å². The first-order chi connectivity index (χ1) is 10.4. The van der Waals surface area contributed by atoms with Crippen molar-refractivity contribution in [1.29, 1.82) is 0 Å². The Morgan fingerprint density at radius 1 is 1.14 bits per heavy atom. The fourth-order valence-corrected chi connectivity index (χ4v) is 4.84. The molecule has 3 unspecified atom stereocenters. The minimum atomic E-state index is 0.427. The van der Waals surface area contributed by atoms with Gasteiger partial charge in [0.1, 0.15) is 0 Å². The lowest BCUT2D eigenvalue weighted by Gasteiger charge is -2.25. The minimum Gasteiger partial charge on any atom is -0.376 e. The van der Waals surface area contributed by atoms with Gasteiger partial charge in [-0.15, -0.1) is 22.7 Å². The van der Waals surface area contributed by atoms with Crippen molar-refractivity contribution in [3.63, 3.8) is 0 Å². The third-order valence-electron chi connectivity index (χ3n) is 4.51. The average Bonchev–Trinajstić information content (AvgIpc) is 2.94. The Labute approximate surface area is 134 Å². The van der Waals surface area contributed by atoms with Crippen LogP contribution >= 0.6 is 22.7 Å². The van der Waals surface area contributed by atoms with Crippen molar-refractivity contribution in [2.24, 2.45) is 5.92 Å². The van der Waals surface area contributed by atoms with Crippen LogP contribution in [0.15, 0.2) is 35.0 Å². The highest BCUT2D eigenvalue weighted by atomic mass is 32.1. The second-order valence-electron chi connectivity index (χ2n) is 6.09. The summed E-state index contributed by atoms with van der Waals surface area (Å²) in [7, 11) is 0. The van der Waals surface area contributed by atoms with Crippen LogP contribution in [-0.2, 0) is 11.2 Å². The van der Waals surface area contributed by atoms with Crippen molar-refractivity contribution in [2.45, 2.75) is 43.9 Å². The van der Waals surface area contributed by atoms with Crippen LogP contribution in [-0.4, -0.2) is 18.8 Å². The summed E-state index contributed by atoms with van der Waals surface area (Å²) in [5, 5.41) is 8.28. The zero-order valence-corrected chi connectivity index (χ0v) is 13.7. The van der Waals surface area contributed by atoms with Crippen molar-refractivity contribution in [3.05, 3.63) is 44.8 Å². The van der Waals surface area contributed by atoms with E-state index in [1.807, 2.05) is 22.7 Å². The van der Waals surface area contributed by atoms with Crippen molar-refractivity contribution in [1.82, 2.24) is 5.32 Å². The Morgan fingerprint density at radius 3 is 2.71 bits per heavy atom. The first kappa shape index (κ1) is 13.9. The summed E-state index contributed by atoms with van der Waals surface area (Å²) in [4.78, 5) is 2.91. The van der Waals surface area contributed by atoms with E-state index in [0.717, 1.165) is 25.4 Å².